The predicted molar refractivity (Wildman–Crippen MR) is 121 cm³/mol. The van der Waals surface area contributed by atoms with Crippen molar-refractivity contribution < 1.29 is 23.4 Å². The summed E-state index contributed by atoms with van der Waals surface area (Å²) in [6.07, 6.45) is 2.03. The van der Waals surface area contributed by atoms with Gasteiger partial charge in [-0.1, -0.05) is 11.8 Å². The number of halogens is 1. The average molecular weight is 471 g/mol. The molecule has 1 amide bonds. The monoisotopic (exact) mass is 470 g/mol. The van der Waals surface area contributed by atoms with Crippen molar-refractivity contribution in [1.29, 1.82) is 0 Å². The van der Waals surface area contributed by atoms with Crippen molar-refractivity contribution in [3.63, 3.8) is 0 Å². The second kappa shape index (κ2) is 9.80. The molecule has 0 saturated carbocycles. The fraction of sp³-hybridized carbons (Fsp3) is 0.348. The highest BCUT2D eigenvalue weighted by Gasteiger charge is 2.22. The van der Waals surface area contributed by atoms with Crippen LogP contribution in [0, 0.1) is 5.82 Å². The van der Waals surface area contributed by atoms with Gasteiger partial charge >= 0.3 is 0 Å². The number of aromatic nitrogens is 3. The van der Waals surface area contributed by atoms with Gasteiger partial charge < -0.3 is 19.5 Å². The van der Waals surface area contributed by atoms with E-state index in [1.54, 1.807) is 30.3 Å². The van der Waals surface area contributed by atoms with Crippen molar-refractivity contribution in [3.8, 4) is 22.9 Å². The Morgan fingerprint density at radius 2 is 1.91 bits per heavy atom. The van der Waals surface area contributed by atoms with Crippen LogP contribution in [0.15, 0.2) is 47.6 Å². The van der Waals surface area contributed by atoms with E-state index in [9.17, 15) is 9.18 Å². The number of carbonyl (C=O) groups excluding carboxylic acids is 1. The number of nitrogens with zero attached hydrogens (tertiary/aromatic N) is 3. The van der Waals surface area contributed by atoms with Crippen LogP contribution in [0.25, 0.3) is 11.4 Å². The van der Waals surface area contributed by atoms with Gasteiger partial charge in [0, 0.05) is 23.9 Å². The molecule has 0 spiro atoms. The van der Waals surface area contributed by atoms with E-state index in [0.717, 1.165) is 25.0 Å². The minimum Gasteiger partial charge on any atom is -0.486 e. The van der Waals surface area contributed by atoms with E-state index in [1.807, 2.05) is 4.57 Å². The summed E-state index contributed by atoms with van der Waals surface area (Å²) in [6.45, 7) is 2.31. The van der Waals surface area contributed by atoms with E-state index in [1.165, 1.54) is 23.9 Å². The lowest BCUT2D eigenvalue weighted by atomic mass is 10.2. The molecule has 172 valence electrons. The Kier molecular flexibility index (Phi) is 6.45. The molecule has 33 heavy (non-hydrogen) atoms. The molecule has 1 saturated heterocycles. The molecule has 2 aliphatic heterocycles. The van der Waals surface area contributed by atoms with Crippen molar-refractivity contribution in [2.75, 3.05) is 30.9 Å². The summed E-state index contributed by atoms with van der Waals surface area (Å²) in [5, 5.41) is 12.1. The SMILES string of the molecule is O=C(CSc1nnc(-c2ccc(F)cc2)n1CC1CCCO1)Nc1ccc2c(c1)OCCO2. The molecule has 1 atom stereocenters. The molecule has 1 N–H and O–H groups in total. The summed E-state index contributed by atoms with van der Waals surface area (Å²) in [5.74, 6) is 1.58. The van der Waals surface area contributed by atoms with Gasteiger partial charge in [-0.25, -0.2) is 4.39 Å². The number of hydrogen-bond donors (Lipinski definition) is 1. The van der Waals surface area contributed by atoms with Gasteiger partial charge in [-0.3, -0.25) is 9.36 Å². The molecule has 3 aromatic rings. The smallest absolute Gasteiger partial charge is 0.234 e. The summed E-state index contributed by atoms with van der Waals surface area (Å²) in [6, 6.07) is 11.5. The molecular weight excluding hydrogens is 447 g/mol. The Labute approximate surface area is 194 Å². The number of anilines is 1. The molecule has 0 bridgehead atoms. The van der Waals surface area contributed by atoms with Crippen molar-refractivity contribution in [3.05, 3.63) is 48.3 Å². The maximum absolute atomic E-state index is 13.4. The molecule has 1 unspecified atom stereocenters. The number of fused-ring (bicyclic) bond motifs is 1. The number of thioether (sulfide) groups is 1. The van der Waals surface area contributed by atoms with Crippen molar-refractivity contribution in [2.45, 2.75) is 30.6 Å². The third-order valence-corrected chi connectivity index (χ3v) is 6.35. The normalized spacial score (nSPS) is 17.2. The van der Waals surface area contributed by atoms with Crippen LogP contribution in [0.3, 0.4) is 0 Å². The number of ether oxygens (including phenoxy) is 3. The molecular formula is C23H23FN4O4S. The molecule has 5 rings (SSSR count). The molecule has 2 aliphatic rings. The van der Waals surface area contributed by atoms with Gasteiger partial charge in [-0.2, -0.15) is 0 Å². The summed E-state index contributed by atoms with van der Waals surface area (Å²) in [7, 11) is 0. The third kappa shape index (κ3) is 5.12. The second-order valence-electron chi connectivity index (χ2n) is 7.75. The molecule has 3 heterocycles. The van der Waals surface area contributed by atoms with Crippen LogP contribution in [0.5, 0.6) is 11.5 Å². The van der Waals surface area contributed by atoms with Crippen LogP contribution in [0.1, 0.15) is 12.8 Å². The number of amides is 1. The molecule has 8 nitrogen and oxygen atoms in total. The van der Waals surface area contributed by atoms with Crippen LogP contribution in [-0.2, 0) is 16.1 Å². The maximum atomic E-state index is 13.4. The van der Waals surface area contributed by atoms with Crippen molar-refractivity contribution in [2.24, 2.45) is 0 Å². The Balaban J connectivity index is 1.29. The van der Waals surface area contributed by atoms with Gasteiger partial charge in [0.1, 0.15) is 19.0 Å². The van der Waals surface area contributed by atoms with E-state index in [2.05, 4.69) is 15.5 Å². The molecule has 0 aliphatic carbocycles. The summed E-state index contributed by atoms with van der Waals surface area (Å²) < 4.78 is 32.2. The van der Waals surface area contributed by atoms with Gasteiger partial charge in [-0.15, -0.1) is 10.2 Å². The van der Waals surface area contributed by atoms with E-state index >= 15 is 0 Å². The van der Waals surface area contributed by atoms with Gasteiger partial charge in [0.15, 0.2) is 22.5 Å². The first kappa shape index (κ1) is 21.7. The van der Waals surface area contributed by atoms with Crippen LogP contribution in [0.4, 0.5) is 10.1 Å². The van der Waals surface area contributed by atoms with E-state index < -0.39 is 0 Å². The van der Waals surface area contributed by atoms with Gasteiger partial charge in [0.05, 0.1) is 18.4 Å². The lowest BCUT2D eigenvalue weighted by molar-refractivity contribution is -0.113. The van der Waals surface area contributed by atoms with Crippen LogP contribution < -0.4 is 14.8 Å². The first-order chi connectivity index (χ1) is 16.2. The van der Waals surface area contributed by atoms with E-state index in [-0.39, 0.29) is 23.6 Å². The lowest BCUT2D eigenvalue weighted by Crippen LogP contribution is -2.18. The predicted octanol–water partition coefficient (Wildman–Crippen LogP) is 3.77. The van der Waals surface area contributed by atoms with E-state index in [0.29, 0.717) is 47.9 Å². The highest BCUT2D eigenvalue weighted by atomic mass is 32.2. The van der Waals surface area contributed by atoms with Crippen LogP contribution >= 0.6 is 11.8 Å². The molecule has 0 radical (unpaired) electrons. The van der Waals surface area contributed by atoms with Crippen molar-refractivity contribution in [1.82, 2.24) is 14.8 Å². The average Bonchev–Trinajstić information content (AvgIpc) is 3.49. The lowest BCUT2D eigenvalue weighted by Gasteiger charge is -2.19. The summed E-state index contributed by atoms with van der Waals surface area (Å²) in [4.78, 5) is 12.6. The van der Waals surface area contributed by atoms with Gasteiger partial charge in [-0.05, 0) is 49.2 Å². The highest BCUT2D eigenvalue weighted by Crippen LogP contribution is 2.33. The molecule has 2 aromatic carbocycles. The molecule has 1 aromatic heterocycles. The molecule has 10 heteroatoms. The zero-order valence-electron chi connectivity index (χ0n) is 17.8. The number of benzene rings is 2. The Bertz CT molecular complexity index is 1130. The fourth-order valence-corrected chi connectivity index (χ4v) is 4.56. The van der Waals surface area contributed by atoms with Crippen molar-refractivity contribution >= 4 is 23.4 Å². The Morgan fingerprint density at radius 1 is 1.09 bits per heavy atom. The topological polar surface area (TPSA) is 87.5 Å². The number of carbonyl (C=O) groups is 1. The zero-order valence-corrected chi connectivity index (χ0v) is 18.6. The maximum Gasteiger partial charge on any atom is 0.234 e. The summed E-state index contributed by atoms with van der Waals surface area (Å²) >= 11 is 1.30. The minimum absolute atomic E-state index is 0.0612. The minimum atomic E-state index is -0.311. The van der Waals surface area contributed by atoms with Gasteiger partial charge in [0.25, 0.3) is 0 Å². The standard InChI is InChI=1S/C23H23FN4O4S/c24-16-5-3-15(4-6-16)22-26-27-23(28(22)13-18-2-1-9-30-18)33-14-21(29)25-17-7-8-19-20(12-17)32-11-10-31-19/h3-8,12,18H,1-2,9-11,13-14H2,(H,25,29). The van der Waals surface area contributed by atoms with Crippen LogP contribution in [-0.4, -0.2) is 52.3 Å². The first-order valence-corrected chi connectivity index (χ1v) is 11.8. The van der Waals surface area contributed by atoms with Crippen LogP contribution in [0.2, 0.25) is 0 Å². The van der Waals surface area contributed by atoms with Gasteiger partial charge in [0.2, 0.25) is 5.91 Å². The largest absolute Gasteiger partial charge is 0.486 e. The third-order valence-electron chi connectivity index (χ3n) is 5.39. The second-order valence-corrected chi connectivity index (χ2v) is 8.70. The number of rotatable bonds is 7. The summed E-state index contributed by atoms with van der Waals surface area (Å²) in [5.41, 5.74) is 1.40. The zero-order chi connectivity index (χ0) is 22.6. The van der Waals surface area contributed by atoms with E-state index in [4.69, 9.17) is 14.2 Å². The fourth-order valence-electron chi connectivity index (χ4n) is 3.81. The number of nitrogens with one attached hydrogen (secondary N) is 1. The molecule has 1 fully saturated rings. The Hall–Kier alpha value is -3.11. The first-order valence-electron chi connectivity index (χ1n) is 10.8. The Morgan fingerprint density at radius 3 is 2.70 bits per heavy atom. The number of hydrogen-bond acceptors (Lipinski definition) is 7. The highest BCUT2D eigenvalue weighted by molar-refractivity contribution is 7.99. The quantitative estimate of drug-likeness (QED) is 0.526.